The van der Waals surface area contributed by atoms with Gasteiger partial charge in [-0.05, 0) is 33.8 Å². The van der Waals surface area contributed by atoms with Crippen molar-refractivity contribution < 1.29 is 19.1 Å². The molecule has 1 aromatic rings. The zero-order valence-corrected chi connectivity index (χ0v) is 12.4. The van der Waals surface area contributed by atoms with Crippen molar-refractivity contribution in [2.45, 2.75) is 39.4 Å². The lowest BCUT2D eigenvalue weighted by molar-refractivity contribution is 0.0525. The number of rotatable bonds is 0. The third-order valence-electron chi connectivity index (χ3n) is 2.57. The molecule has 1 aromatic heterocycles. The Morgan fingerprint density at radius 1 is 1.50 bits per heavy atom. The Morgan fingerprint density at radius 2 is 2.15 bits per heavy atom. The summed E-state index contributed by atoms with van der Waals surface area (Å²) in [6.45, 7) is 6.77. The number of imide groups is 1. The van der Waals surface area contributed by atoms with E-state index < -0.39 is 23.9 Å². The number of carbonyl (C=O) groups is 2. The summed E-state index contributed by atoms with van der Waals surface area (Å²) in [6.07, 6.45) is -0.819. The van der Waals surface area contributed by atoms with Crippen molar-refractivity contribution in [1.29, 1.82) is 0 Å². The average Bonchev–Trinajstić information content (AvgIpc) is 2.25. The Bertz CT molecular complexity index is 568. The number of fused-ring (bicyclic) bond motifs is 1. The van der Waals surface area contributed by atoms with Gasteiger partial charge in [-0.2, -0.15) is 4.90 Å². The minimum absolute atomic E-state index is 0.149. The van der Waals surface area contributed by atoms with E-state index >= 15 is 0 Å². The summed E-state index contributed by atoms with van der Waals surface area (Å²) >= 11 is 6.08. The van der Waals surface area contributed by atoms with Crippen LogP contribution in [0.5, 0.6) is 0 Å². The van der Waals surface area contributed by atoms with E-state index in [0.29, 0.717) is 10.6 Å². The number of amides is 2. The van der Waals surface area contributed by atoms with Gasteiger partial charge in [0.2, 0.25) is 0 Å². The molecule has 0 spiro atoms. The smallest absolute Gasteiger partial charge is 0.425 e. The summed E-state index contributed by atoms with van der Waals surface area (Å²) in [5.74, 6) is 0.149. The first-order chi connectivity index (χ1) is 9.20. The fourth-order valence-electron chi connectivity index (χ4n) is 1.81. The van der Waals surface area contributed by atoms with Crippen LogP contribution in [0, 0.1) is 0 Å². The van der Waals surface area contributed by atoms with Crippen molar-refractivity contribution in [3.05, 3.63) is 22.8 Å². The lowest BCUT2D eigenvalue weighted by Gasteiger charge is -2.31. The van der Waals surface area contributed by atoms with Crippen molar-refractivity contribution in [3.8, 4) is 0 Å². The molecule has 0 N–H and O–H groups in total. The van der Waals surface area contributed by atoms with E-state index in [1.54, 1.807) is 33.8 Å². The minimum atomic E-state index is -0.842. The fraction of sp³-hybridized carbons (Fsp3) is 0.462. The van der Waals surface area contributed by atoms with Crippen LogP contribution in [0.25, 0.3) is 0 Å². The average molecular weight is 299 g/mol. The molecule has 108 valence electrons. The molecule has 7 heteroatoms. The van der Waals surface area contributed by atoms with Gasteiger partial charge in [0.15, 0.2) is 5.82 Å². The van der Waals surface area contributed by atoms with Crippen LogP contribution in [-0.4, -0.2) is 22.8 Å². The maximum atomic E-state index is 12.1. The molecular weight excluding hydrogens is 284 g/mol. The highest BCUT2D eigenvalue weighted by molar-refractivity contribution is 6.32. The van der Waals surface area contributed by atoms with Gasteiger partial charge in [0.1, 0.15) is 11.7 Å². The molecule has 1 aliphatic rings. The number of nitrogens with zero attached hydrogens (tertiary/aromatic N) is 2. The largest absolute Gasteiger partial charge is 0.443 e. The molecule has 0 saturated heterocycles. The van der Waals surface area contributed by atoms with Crippen molar-refractivity contribution in [2.75, 3.05) is 4.90 Å². The quantitative estimate of drug-likeness (QED) is 0.730. The highest BCUT2D eigenvalue weighted by Crippen LogP contribution is 2.37. The van der Waals surface area contributed by atoms with E-state index in [2.05, 4.69) is 4.98 Å². The molecule has 0 bridgehead atoms. The van der Waals surface area contributed by atoms with Crippen LogP contribution in [0.3, 0.4) is 0 Å². The number of halogens is 1. The van der Waals surface area contributed by atoms with Crippen LogP contribution in [0.2, 0.25) is 5.02 Å². The highest BCUT2D eigenvalue weighted by atomic mass is 35.5. The first-order valence-corrected chi connectivity index (χ1v) is 6.46. The van der Waals surface area contributed by atoms with E-state index in [1.807, 2.05) is 0 Å². The molecular formula is C13H15ClN2O4. The van der Waals surface area contributed by atoms with Gasteiger partial charge in [0.05, 0.1) is 10.6 Å². The molecule has 20 heavy (non-hydrogen) atoms. The third-order valence-corrected chi connectivity index (χ3v) is 2.90. The van der Waals surface area contributed by atoms with Gasteiger partial charge in [-0.1, -0.05) is 11.6 Å². The molecule has 2 amide bonds. The molecule has 2 rings (SSSR count). The van der Waals surface area contributed by atoms with Crippen LogP contribution >= 0.6 is 11.6 Å². The van der Waals surface area contributed by atoms with Gasteiger partial charge in [-0.3, -0.25) is 0 Å². The monoisotopic (exact) mass is 298 g/mol. The van der Waals surface area contributed by atoms with E-state index in [0.717, 1.165) is 4.90 Å². The van der Waals surface area contributed by atoms with Crippen LogP contribution in [0.15, 0.2) is 12.3 Å². The number of cyclic esters (lactones) is 1. The Kier molecular flexibility index (Phi) is 3.60. The Hall–Kier alpha value is -1.82. The topological polar surface area (TPSA) is 68.7 Å². The summed E-state index contributed by atoms with van der Waals surface area (Å²) in [5, 5.41) is 0.378. The first-order valence-electron chi connectivity index (χ1n) is 6.09. The SMILES string of the molecule is C[C@H]1OC(=O)N(C(=O)OC(C)(C)C)c2nccc(Cl)c21. The lowest BCUT2D eigenvalue weighted by Crippen LogP contribution is -2.45. The van der Waals surface area contributed by atoms with E-state index in [1.165, 1.54) is 6.20 Å². The van der Waals surface area contributed by atoms with Crippen LogP contribution in [0.4, 0.5) is 15.4 Å². The summed E-state index contributed by atoms with van der Waals surface area (Å²) < 4.78 is 10.3. The first kappa shape index (κ1) is 14.6. The van der Waals surface area contributed by atoms with Crippen LogP contribution < -0.4 is 4.90 Å². The van der Waals surface area contributed by atoms with Gasteiger partial charge in [-0.25, -0.2) is 14.6 Å². The number of pyridine rings is 1. The summed E-state index contributed by atoms with van der Waals surface area (Å²) in [4.78, 5) is 28.9. The van der Waals surface area contributed by atoms with Gasteiger partial charge < -0.3 is 9.47 Å². The van der Waals surface area contributed by atoms with Crippen molar-refractivity contribution >= 4 is 29.6 Å². The summed E-state index contributed by atoms with van der Waals surface area (Å²) in [5.41, 5.74) is -0.251. The molecule has 1 atom stereocenters. The number of ether oxygens (including phenoxy) is 2. The second-order valence-corrected chi connectivity index (χ2v) is 5.78. The molecule has 0 unspecified atom stereocenters. The predicted molar refractivity (Wildman–Crippen MR) is 72.9 cm³/mol. The number of carbonyl (C=O) groups excluding carboxylic acids is 2. The van der Waals surface area contributed by atoms with Gasteiger partial charge in [0.25, 0.3) is 0 Å². The molecule has 6 nitrogen and oxygen atoms in total. The lowest BCUT2D eigenvalue weighted by atomic mass is 10.1. The second-order valence-electron chi connectivity index (χ2n) is 5.37. The maximum Gasteiger partial charge on any atom is 0.425 e. The molecule has 0 fully saturated rings. The molecule has 0 saturated carbocycles. The highest BCUT2D eigenvalue weighted by Gasteiger charge is 2.39. The Morgan fingerprint density at radius 3 is 2.75 bits per heavy atom. The standard InChI is InChI=1S/C13H15ClN2O4/c1-7-9-8(14)5-6-15-10(9)16(11(17)19-7)12(18)20-13(2,3)4/h5-7H,1-4H3/t7-/m1/s1. The van der Waals surface area contributed by atoms with Gasteiger partial charge in [-0.15, -0.1) is 0 Å². The van der Waals surface area contributed by atoms with Crippen molar-refractivity contribution in [3.63, 3.8) is 0 Å². The van der Waals surface area contributed by atoms with Crippen LogP contribution in [0.1, 0.15) is 39.4 Å². The van der Waals surface area contributed by atoms with Gasteiger partial charge in [0, 0.05) is 6.20 Å². The van der Waals surface area contributed by atoms with E-state index in [-0.39, 0.29) is 5.82 Å². The molecule has 0 aromatic carbocycles. The normalized spacial score (nSPS) is 18.4. The maximum absolute atomic E-state index is 12.1. The Balaban J connectivity index is 2.45. The zero-order valence-electron chi connectivity index (χ0n) is 11.6. The number of hydrogen-bond acceptors (Lipinski definition) is 5. The number of hydrogen-bond donors (Lipinski definition) is 0. The van der Waals surface area contributed by atoms with Crippen molar-refractivity contribution in [2.24, 2.45) is 0 Å². The third kappa shape index (κ3) is 2.70. The van der Waals surface area contributed by atoms with Crippen LogP contribution in [-0.2, 0) is 9.47 Å². The molecule has 0 radical (unpaired) electrons. The minimum Gasteiger partial charge on any atom is -0.443 e. The van der Waals surface area contributed by atoms with E-state index in [9.17, 15) is 9.59 Å². The summed E-state index contributed by atoms with van der Waals surface area (Å²) in [7, 11) is 0. The number of aromatic nitrogens is 1. The number of anilines is 1. The second kappa shape index (κ2) is 4.94. The zero-order chi connectivity index (χ0) is 15.1. The molecule has 1 aliphatic heterocycles. The predicted octanol–water partition coefficient (Wildman–Crippen LogP) is 3.69. The van der Waals surface area contributed by atoms with E-state index in [4.69, 9.17) is 21.1 Å². The molecule has 2 heterocycles. The van der Waals surface area contributed by atoms with Gasteiger partial charge >= 0.3 is 12.2 Å². The Labute approximate surface area is 121 Å². The fourth-order valence-corrected chi connectivity index (χ4v) is 2.11. The molecule has 0 aliphatic carbocycles. The van der Waals surface area contributed by atoms with Crippen molar-refractivity contribution in [1.82, 2.24) is 4.98 Å². The summed E-state index contributed by atoms with van der Waals surface area (Å²) in [6, 6.07) is 1.57.